The van der Waals surface area contributed by atoms with Crippen LogP contribution in [0.4, 0.5) is 0 Å². The summed E-state index contributed by atoms with van der Waals surface area (Å²) in [4.78, 5) is 12.8. The minimum atomic E-state index is -3.59. The third kappa shape index (κ3) is 4.80. The van der Waals surface area contributed by atoms with Gasteiger partial charge in [0.2, 0.25) is 15.9 Å². The number of hydrogen-bond acceptors (Lipinski definition) is 3. The van der Waals surface area contributed by atoms with Crippen LogP contribution in [0.3, 0.4) is 0 Å². The second-order valence-corrected chi connectivity index (χ2v) is 9.12. The summed E-state index contributed by atoms with van der Waals surface area (Å²) >= 11 is 0. The molecule has 0 aromatic heterocycles. The Morgan fingerprint density at radius 1 is 1.07 bits per heavy atom. The summed E-state index contributed by atoms with van der Waals surface area (Å²) in [6.07, 6.45) is 3.87. The van der Waals surface area contributed by atoms with Crippen molar-refractivity contribution >= 4 is 15.9 Å². The predicted octanol–water partition coefficient (Wildman–Crippen LogP) is 3.67. The highest BCUT2D eigenvalue weighted by atomic mass is 32.2. The summed E-state index contributed by atoms with van der Waals surface area (Å²) in [5, 5.41) is 3.10. The van der Waals surface area contributed by atoms with Gasteiger partial charge in [-0.3, -0.25) is 4.79 Å². The maximum Gasteiger partial charge on any atom is 0.243 e. The lowest BCUT2D eigenvalue weighted by Gasteiger charge is -2.27. The molecule has 1 unspecified atom stereocenters. The number of nitrogens with zero attached hydrogens (tertiary/aromatic N) is 1. The Morgan fingerprint density at radius 2 is 1.79 bits per heavy atom. The van der Waals surface area contributed by atoms with Crippen LogP contribution >= 0.6 is 0 Å². The predicted molar refractivity (Wildman–Crippen MR) is 110 cm³/mol. The molecular weight excluding hydrogens is 372 g/mol. The summed E-state index contributed by atoms with van der Waals surface area (Å²) in [6.45, 7) is 2.52. The number of amides is 1. The molecule has 1 atom stereocenters. The molecule has 2 aromatic rings. The van der Waals surface area contributed by atoms with Gasteiger partial charge >= 0.3 is 0 Å². The quantitative estimate of drug-likeness (QED) is 0.735. The summed E-state index contributed by atoms with van der Waals surface area (Å²) in [5.41, 5.74) is 2.47. The second kappa shape index (κ2) is 9.34. The number of fused-ring (bicyclic) bond motifs is 1. The first-order valence-corrected chi connectivity index (χ1v) is 11.4. The van der Waals surface area contributed by atoms with Crippen LogP contribution < -0.4 is 5.32 Å². The molecular formula is C22H28N2O3S. The van der Waals surface area contributed by atoms with Crippen molar-refractivity contribution in [2.45, 2.75) is 50.0 Å². The van der Waals surface area contributed by atoms with Crippen LogP contribution in [0.15, 0.2) is 59.5 Å². The first-order valence-electron chi connectivity index (χ1n) is 9.94. The van der Waals surface area contributed by atoms with Gasteiger partial charge in [0.15, 0.2) is 0 Å². The van der Waals surface area contributed by atoms with Crippen LogP contribution in [0.2, 0.25) is 0 Å². The fraction of sp³-hybridized carbons (Fsp3) is 0.409. The van der Waals surface area contributed by atoms with E-state index in [1.54, 1.807) is 30.3 Å². The van der Waals surface area contributed by atoms with Gasteiger partial charge in [-0.05, 0) is 48.9 Å². The number of aryl methyl sites for hydroxylation is 1. The van der Waals surface area contributed by atoms with Crippen molar-refractivity contribution in [3.8, 4) is 0 Å². The third-order valence-corrected chi connectivity index (χ3v) is 7.06. The molecule has 0 aliphatic heterocycles. The van der Waals surface area contributed by atoms with Crippen molar-refractivity contribution in [1.29, 1.82) is 0 Å². The number of rotatable bonds is 8. The average molecular weight is 401 g/mol. The van der Waals surface area contributed by atoms with Gasteiger partial charge in [-0.2, -0.15) is 4.31 Å². The van der Waals surface area contributed by atoms with E-state index >= 15 is 0 Å². The fourth-order valence-electron chi connectivity index (χ4n) is 3.74. The summed E-state index contributed by atoms with van der Waals surface area (Å²) < 4.78 is 27.2. The average Bonchev–Trinajstić information content (AvgIpc) is 2.72. The molecule has 1 N–H and O–H groups in total. The molecule has 0 spiro atoms. The van der Waals surface area contributed by atoms with Gasteiger partial charge in [-0.15, -0.1) is 0 Å². The van der Waals surface area contributed by atoms with Gasteiger partial charge < -0.3 is 5.32 Å². The number of carbonyl (C=O) groups excluding carboxylic acids is 1. The number of sulfonamides is 1. The Bertz CT molecular complexity index is 897. The van der Waals surface area contributed by atoms with Crippen LogP contribution in [0, 0.1) is 0 Å². The van der Waals surface area contributed by atoms with Crippen molar-refractivity contribution < 1.29 is 13.2 Å². The van der Waals surface area contributed by atoms with E-state index in [-0.39, 0.29) is 29.8 Å². The van der Waals surface area contributed by atoms with Gasteiger partial charge in [0, 0.05) is 19.5 Å². The maximum atomic E-state index is 12.9. The minimum absolute atomic E-state index is 0.0165. The standard InChI is InChI=1S/C22H28N2O3S/c1-2-16-24(28(26,27)19-11-4-3-5-12-19)17-15-22(25)23-21-14-8-10-18-9-6-7-13-20(18)21/h3-7,9,11-13,21H,2,8,10,14-17H2,1H3,(H,23,25). The lowest BCUT2D eigenvalue weighted by molar-refractivity contribution is -0.122. The van der Waals surface area contributed by atoms with Crippen molar-refractivity contribution in [2.24, 2.45) is 0 Å². The molecule has 0 fully saturated rings. The Kier molecular flexibility index (Phi) is 6.86. The molecule has 3 rings (SSSR count). The van der Waals surface area contributed by atoms with Crippen molar-refractivity contribution in [1.82, 2.24) is 9.62 Å². The van der Waals surface area contributed by atoms with Crippen molar-refractivity contribution in [3.63, 3.8) is 0 Å². The summed E-state index contributed by atoms with van der Waals surface area (Å²) in [7, 11) is -3.59. The lowest BCUT2D eigenvalue weighted by Crippen LogP contribution is -2.37. The van der Waals surface area contributed by atoms with E-state index in [1.165, 1.54) is 15.4 Å². The SMILES string of the molecule is CCCN(CCC(=O)NC1CCCc2ccccc21)S(=O)(=O)c1ccccc1. The first-order chi connectivity index (χ1) is 13.5. The normalized spacial score (nSPS) is 16.6. The van der Waals surface area contributed by atoms with E-state index in [4.69, 9.17) is 0 Å². The highest BCUT2D eigenvalue weighted by molar-refractivity contribution is 7.89. The molecule has 0 bridgehead atoms. The topological polar surface area (TPSA) is 66.5 Å². The molecule has 0 saturated carbocycles. The van der Waals surface area contributed by atoms with E-state index in [0.29, 0.717) is 13.0 Å². The fourth-order valence-corrected chi connectivity index (χ4v) is 5.29. The minimum Gasteiger partial charge on any atom is -0.349 e. The van der Waals surface area contributed by atoms with Crippen LogP contribution in [-0.2, 0) is 21.2 Å². The van der Waals surface area contributed by atoms with Gasteiger partial charge in [0.05, 0.1) is 10.9 Å². The van der Waals surface area contributed by atoms with Crippen molar-refractivity contribution in [2.75, 3.05) is 13.1 Å². The number of carbonyl (C=O) groups is 1. The first kappa shape index (κ1) is 20.6. The zero-order valence-electron chi connectivity index (χ0n) is 16.3. The molecule has 2 aromatic carbocycles. The molecule has 0 heterocycles. The maximum absolute atomic E-state index is 12.9. The van der Waals surface area contributed by atoms with Crippen LogP contribution in [0.1, 0.15) is 49.8 Å². The zero-order chi connectivity index (χ0) is 20.0. The molecule has 1 aliphatic carbocycles. The Balaban J connectivity index is 1.64. The molecule has 1 amide bonds. The molecule has 0 saturated heterocycles. The molecule has 5 nitrogen and oxygen atoms in total. The van der Waals surface area contributed by atoms with E-state index in [9.17, 15) is 13.2 Å². The van der Waals surface area contributed by atoms with Crippen LogP contribution in [0.25, 0.3) is 0 Å². The Hall–Kier alpha value is -2.18. The molecule has 1 aliphatic rings. The van der Waals surface area contributed by atoms with E-state index in [2.05, 4.69) is 17.4 Å². The summed E-state index contributed by atoms with van der Waals surface area (Å²) in [5.74, 6) is -0.105. The lowest BCUT2D eigenvalue weighted by atomic mass is 9.88. The highest BCUT2D eigenvalue weighted by Gasteiger charge is 2.25. The molecule has 0 radical (unpaired) electrons. The summed E-state index contributed by atoms with van der Waals surface area (Å²) in [6, 6.07) is 16.6. The van der Waals surface area contributed by atoms with Gasteiger partial charge in [-0.25, -0.2) is 8.42 Å². The highest BCUT2D eigenvalue weighted by Crippen LogP contribution is 2.29. The van der Waals surface area contributed by atoms with Crippen LogP contribution in [-0.4, -0.2) is 31.7 Å². The van der Waals surface area contributed by atoms with Crippen LogP contribution in [0.5, 0.6) is 0 Å². The van der Waals surface area contributed by atoms with E-state index in [1.807, 2.05) is 19.1 Å². The Morgan fingerprint density at radius 3 is 2.54 bits per heavy atom. The van der Waals surface area contributed by atoms with E-state index < -0.39 is 10.0 Å². The van der Waals surface area contributed by atoms with Gasteiger partial charge in [-0.1, -0.05) is 49.4 Å². The largest absolute Gasteiger partial charge is 0.349 e. The number of nitrogens with one attached hydrogen (secondary N) is 1. The van der Waals surface area contributed by atoms with Crippen molar-refractivity contribution in [3.05, 3.63) is 65.7 Å². The number of benzene rings is 2. The van der Waals surface area contributed by atoms with E-state index in [0.717, 1.165) is 19.3 Å². The zero-order valence-corrected chi connectivity index (χ0v) is 17.1. The van der Waals surface area contributed by atoms with Gasteiger partial charge in [0.25, 0.3) is 0 Å². The molecule has 6 heteroatoms. The second-order valence-electron chi connectivity index (χ2n) is 7.18. The Labute approximate surface area is 167 Å². The van der Waals surface area contributed by atoms with Gasteiger partial charge in [0.1, 0.15) is 0 Å². The third-order valence-electron chi connectivity index (χ3n) is 5.15. The molecule has 150 valence electrons. The molecule has 28 heavy (non-hydrogen) atoms. The number of hydrogen-bond donors (Lipinski definition) is 1. The smallest absolute Gasteiger partial charge is 0.243 e. The monoisotopic (exact) mass is 400 g/mol.